The lowest BCUT2D eigenvalue weighted by molar-refractivity contribution is 0.289. The molecular formula is C21H27NO. The molecule has 1 fully saturated rings. The Morgan fingerprint density at radius 3 is 2.43 bits per heavy atom. The van der Waals surface area contributed by atoms with E-state index in [9.17, 15) is 0 Å². The fourth-order valence-electron chi connectivity index (χ4n) is 3.66. The number of hydrogen-bond donors (Lipinski definition) is 1. The van der Waals surface area contributed by atoms with Crippen molar-refractivity contribution in [2.75, 3.05) is 6.54 Å². The van der Waals surface area contributed by atoms with Crippen LogP contribution in [-0.2, 0) is 12.0 Å². The van der Waals surface area contributed by atoms with Gasteiger partial charge in [0.15, 0.2) is 0 Å². The van der Waals surface area contributed by atoms with Gasteiger partial charge in [0.1, 0.15) is 12.4 Å². The molecule has 0 spiro atoms. The van der Waals surface area contributed by atoms with Crippen molar-refractivity contribution in [2.45, 2.75) is 51.0 Å². The lowest BCUT2D eigenvalue weighted by atomic mass is 9.69. The van der Waals surface area contributed by atoms with E-state index in [-0.39, 0.29) is 5.41 Å². The maximum absolute atomic E-state index is 6.18. The molecule has 1 saturated carbocycles. The standard InChI is InChI=1S/C21H27NO/c1-17-10-11-19(21(16-22)12-6-3-7-13-21)14-20(17)23-15-18-8-4-2-5-9-18/h2,4-5,8-11,14H,3,6-7,12-13,15-16,22H2,1H3. The van der Waals surface area contributed by atoms with E-state index in [0.717, 1.165) is 12.3 Å². The Labute approximate surface area is 139 Å². The SMILES string of the molecule is Cc1ccc(C2(CN)CCCCC2)cc1OCc1ccccc1. The quantitative estimate of drug-likeness (QED) is 0.866. The van der Waals surface area contributed by atoms with Crippen molar-refractivity contribution in [3.05, 3.63) is 65.2 Å². The van der Waals surface area contributed by atoms with Crippen molar-refractivity contribution in [3.63, 3.8) is 0 Å². The van der Waals surface area contributed by atoms with Gasteiger partial charge < -0.3 is 10.5 Å². The predicted octanol–water partition coefficient (Wildman–Crippen LogP) is 4.73. The third kappa shape index (κ3) is 3.59. The van der Waals surface area contributed by atoms with Crippen LogP contribution >= 0.6 is 0 Å². The molecule has 0 aromatic heterocycles. The Morgan fingerprint density at radius 1 is 1.00 bits per heavy atom. The molecule has 23 heavy (non-hydrogen) atoms. The summed E-state index contributed by atoms with van der Waals surface area (Å²) in [6, 6.07) is 17.0. The van der Waals surface area contributed by atoms with Crippen molar-refractivity contribution in [1.29, 1.82) is 0 Å². The molecule has 0 bridgehead atoms. The molecule has 1 aliphatic rings. The molecule has 2 aromatic rings. The second-order valence-electron chi connectivity index (χ2n) is 6.80. The Hall–Kier alpha value is -1.80. The van der Waals surface area contributed by atoms with E-state index in [4.69, 9.17) is 10.5 Å². The Kier molecular flexibility index (Phi) is 5.02. The van der Waals surface area contributed by atoms with Gasteiger partial charge in [0.2, 0.25) is 0 Å². The Balaban J connectivity index is 1.81. The van der Waals surface area contributed by atoms with Crippen LogP contribution < -0.4 is 10.5 Å². The largest absolute Gasteiger partial charge is 0.489 e. The van der Waals surface area contributed by atoms with Gasteiger partial charge in [-0.2, -0.15) is 0 Å². The predicted molar refractivity (Wildman–Crippen MR) is 95.8 cm³/mol. The van der Waals surface area contributed by atoms with Gasteiger partial charge >= 0.3 is 0 Å². The number of nitrogens with two attached hydrogens (primary N) is 1. The fourth-order valence-corrected chi connectivity index (χ4v) is 3.66. The third-order valence-corrected chi connectivity index (χ3v) is 5.24. The van der Waals surface area contributed by atoms with E-state index in [1.165, 1.54) is 48.8 Å². The van der Waals surface area contributed by atoms with Crippen LogP contribution in [0, 0.1) is 6.92 Å². The van der Waals surface area contributed by atoms with E-state index in [1.807, 2.05) is 18.2 Å². The highest BCUT2D eigenvalue weighted by molar-refractivity contribution is 5.40. The van der Waals surface area contributed by atoms with Crippen LogP contribution in [0.1, 0.15) is 48.8 Å². The number of rotatable bonds is 5. The average Bonchev–Trinajstić information content (AvgIpc) is 2.62. The molecule has 2 heteroatoms. The van der Waals surface area contributed by atoms with Crippen molar-refractivity contribution < 1.29 is 4.74 Å². The van der Waals surface area contributed by atoms with Gasteiger partial charge in [-0.1, -0.05) is 61.7 Å². The first-order valence-electron chi connectivity index (χ1n) is 8.71. The van der Waals surface area contributed by atoms with Crippen LogP contribution in [0.4, 0.5) is 0 Å². The lowest BCUT2D eigenvalue weighted by Crippen LogP contribution is -2.37. The first kappa shape index (κ1) is 16.1. The summed E-state index contributed by atoms with van der Waals surface area (Å²) >= 11 is 0. The molecule has 2 nitrogen and oxygen atoms in total. The van der Waals surface area contributed by atoms with E-state index in [2.05, 4.69) is 37.3 Å². The maximum Gasteiger partial charge on any atom is 0.123 e. The van der Waals surface area contributed by atoms with E-state index < -0.39 is 0 Å². The molecule has 0 radical (unpaired) electrons. The number of benzene rings is 2. The van der Waals surface area contributed by atoms with Crippen molar-refractivity contribution >= 4 is 0 Å². The van der Waals surface area contributed by atoms with Crippen LogP contribution in [0.15, 0.2) is 48.5 Å². The summed E-state index contributed by atoms with van der Waals surface area (Å²) in [5.41, 5.74) is 10.1. The topological polar surface area (TPSA) is 35.2 Å². The summed E-state index contributed by atoms with van der Waals surface area (Å²) in [5.74, 6) is 0.991. The molecule has 2 N–H and O–H groups in total. The van der Waals surface area contributed by atoms with Crippen molar-refractivity contribution in [1.82, 2.24) is 0 Å². The molecule has 0 saturated heterocycles. The monoisotopic (exact) mass is 309 g/mol. The first-order valence-corrected chi connectivity index (χ1v) is 8.71. The highest BCUT2D eigenvalue weighted by Crippen LogP contribution is 2.40. The minimum absolute atomic E-state index is 0.150. The number of aryl methyl sites for hydroxylation is 1. The molecule has 0 aliphatic heterocycles. The van der Waals surface area contributed by atoms with E-state index in [1.54, 1.807) is 0 Å². The summed E-state index contributed by atoms with van der Waals surface area (Å²) in [5, 5.41) is 0. The molecule has 122 valence electrons. The van der Waals surface area contributed by atoms with Crippen LogP contribution in [0.5, 0.6) is 5.75 Å². The lowest BCUT2D eigenvalue weighted by Gasteiger charge is -2.37. The zero-order chi connectivity index (χ0) is 16.1. The molecule has 1 aliphatic carbocycles. The van der Waals surface area contributed by atoms with Crippen LogP contribution in [-0.4, -0.2) is 6.54 Å². The molecule has 0 atom stereocenters. The van der Waals surface area contributed by atoms with Gasteiger partial charge in [-0.05, 0) is 42.5 Å². The zero-order valence-corrected chi connectivity index (χ0v) is 14.1. The van der Waals surface area contributed by atoms with Gasteiger partial charge in [0.05, 0.1) is 0 Å². The highest BCUT2D eigenvalue weighted by Gasteiger charge is 2.32. The third-order valence-electron chi connectivity index (χ3n) is 5.24. The Bertz CT molecular complexity index is 630. The molecule has 3 rings (SSSR count). The normalized spacial score (nSPS) is 17.0. The van der Waals surface area contributed by atoms with Crippen molar-refractivity contribution in [2.24, 2.45) is 5.73 Å². The summed E-state index contributed by atoms with van der Waals surface area (Å²) in [6.45, 7) is 3.45. The van der Waals surface area contributed by atoms with Gasteiger partial charge in [-0.25, -0.2) is 0 Å². The first-order chi connectivity index (χ1) is 11.2. The van der Waals surface area contributed by atoms with Gasteiger partial charge in [-0.15, -0.1) is 0 Å². The van der Waals surface area contributed by atoms with Gasteiger partial charge in [0, 0.05) is 12.0 Å². The molecule has 0 heterocycles. The van der Waals surface area contributed by atoms with Gasteiger partial charge in [-0.3, -0.25) is 0 Å². The molecule has 0 unspecified atom stereocenters. The minimum Gasteiger partial charge on any atom is -0.489 e. The van der Waals surface area contributed by atoms with Crippen LogP contribution in [0.3, 0.4) is 0 Å². The second-order valence-corrected chi connectivity index (χ2v) is 6.80. The molecule has 0 amide bonds. The summed E-state index contributed by atoms with van der Waals surface area (Å²) in [6.07, 6.45) is 6.30. The summed E-state index contributed by atoms with van der Waals surface area (Å²) in [7, 11) is 0. The smallest absolute Gasteiger partial charge is 0.123 e. The zero-order valence-electron chi connectivity index (χ0n) is 14.1. The Morgan fingerprint density at radius 2 is 1.74 bits per heavy atom. The van der Waals surface area contributed by atoms with Crippen LogP contribution in [0.2, 0.25) is 0 Å². The number of ether oxygens (including phenoxy) is 1. The number of hydrogen-bond acceptors (Lipinski definition) is 2. The molecule has 2 aromatic carbocycles. The van der Waals surface area contributed by atoms with Crippen LogP contribution in [0.25, 0.3) is 0 Å². The second kappa shape index (κ2) is 7.18. The minimum atomic E-state index is 0.150. The average molecular weight is 309 g/mol. The summed E-state index contributed by atoms with van der Waals surface area (Å²) in [4.78, 5) is 0. The molecular weight excluding hydrogens is 282 g/mol. The highest BCUT2D eigenvalue weighted by atomic mass is 16.5. The fraction of sp³-hybridized carbons (Fsp3) is 0.429. The van der Waals surface area contributed by atoms with E-state index >= 15 is 0 Å². The van der Waals surface area contributed by atoms with Gasteiger partial charge in [0.25, 0.3) is 0 Å². The van der Waals surface area contributed by atoms with E-state index in [0.29, 0.717) is 6.61 Å². The summed E-state index contributed by atoms with van der Waals surface area (Å²) < 4.78 is 6.10. The maximum atomic E-state index is 6.18. The van der Waals surface area contributed by atoms with Crippen molar-refractivity contribution in [3.8, 4) is 5.75 Å².